The number of fused-ring (bicyclic) bond motifs is 5. The largest absolute Gasteiger partial charge is 0.469 e. The molecule has 2 saturated carbocycles. The van der Waals surface area contributed by atoms with Crippen LogP contribution in [0, 0.1) is 23.2 Å². The monoisotopic (exact) mass is 391 g/mol. The molecule has 28 heavy (non-hydrogen) atoms. The summed E-state index contributed by atoms with van der Waals surface area (Å²) in [5, 5.41) is 6.72. The number of aromatic nitrogens is 2. The first-order valence-corrected chi connectivity index (χ1v) is 9.33. The zero-order valence-corrected chi connectivity index (χ0v) is 16.0. The molecule has 2 fully saturated rings. The molecule has 1 amide bonds. The van der Waals surface area contributed by atoms with Crippen molar-refractivity contribution >= 4 is 11.9 Å². The first-order valence-electron chi connectivity index (χ1n) is 9.33. The average Bonchev–Trinajstić information content (AvgIpc) is 3.28. The summed E-state index contributed by atoms with van der Waals surface area (Å²) in [7, 11) is 2.83. The molecule has 4 rings (SSSR count). The van der Waals surface area contributed by atoms with E-state index in [0.717, 1.165) is 6.42 Å². The summed E-state index contributed by atoms with van der Waals surface area (Å²) in [4.78, 5) is 25.8. The fourth-order valence-electron chi connectivity index (χ4n) is 5.75. The third-order valence-electron chi connectivity index (χ3n) is 6.92. The summed E-state index contributed by atoms with van der Waals surface area (Å²) in [5.41, 5.74) is -2.13. The van der Waals surface area contributed by atoms with Gasteiger partial charge >= 0.3 is 5.97 Å². The molecule has 6 nitrogen and oxygen atoms in total. The maximum atomic E-state index is 13.4. The predicted octanol–water partition coefficient (Wildman–Crippen LogP) is 2.79. The minimum Gasteiger partial charge on any atom is -0.469 e. The molecular formula is C20H23F2N3O3. The lowest BCUT2D eigenvalue weighted by molar-refractivity contribution is -0.148. The van der Waals surface area contributed by atoms with Crippen molar-refractivity contribution in [2.24, 2.45) is 30.2 Å². The molecule has 5 atom stereocenters. The van der Waals surface area contributed by atoms with Crippen molar-refractivity contribution < 1.29 is 23.1 Å². The number of alkyl halides is 2. The van der Waals surface area contributed by atoms with Crippen LogP contribution in [0.25, 0.3) is 0 Å². The highest BCUT2D eigenvalue weighted by atomic mass is 19.3. The van der Waals surface area contributed by atoms with Crippen LogP contribution in [0.4, 0.5) is 8.78 Å². The van der Waals surface area contributed by atoms with E-state index >= 15 is 0 Å². The summed E-state index contributed by atoms with van der Waals surface area (Å²) >= 11 is 0. The van der Waals surface area contributed by atoms with Crippen LogP contribution < -0.4 is 5.32 Å². The molecule has 2 bridgehead atoms. The van der Waals surface area contributed by atoms with Gasteiger partial charge in [0.15, 0.2) is 0 Å². The smallest absolute Gasteiger partial charge is 0.311 e. The lowest BCUT2D eigenvalue weighted by Gasteiger charge is -2.48. The molecule has 3 aliphatic carbocycles. The van der Waals surface area contributed by atoms with E-state index in [4.69, 9.17) is 4.74 Å². The quantitative estimate of drug-likeness (QED) is 0.801. The molecule has 1 aromatic heterocycles. The number of nitrogens with one attached hydrogen (secondary N) is 1. The van der Waals surface area contributed by atoms with Crippen LogP contribution in [0.15, 0.2) is 30.5 Å². The fourth-order valence-corrected chi connectivity index (χ4v) is 5.75. The Kier molecular flexibility index (Phi) is 4.21. The SMILES string of the molecule is COC(=O)C1C2CCC1(NC(=O)c1cn(C)nc1C(F)F)C1(C)C=CC=CC21. The highest BCUT2D eigenvalue weighted by Gasteiger charge is 2.72. The number of hydrogen-bond acceptors (Lipinski definition) is 4. The zero-order valence-electron chi connectivity index (χ0n) is 16.0. The second-order valence-corrected chi connectivity index (χ2v) is 8.08. The number of halogens is 2. The van der Waals surface area contributed by atoms with E-state index in [-0.39, 0.29) is 23.4 Å². The van der Waals surface area contributed by atoms with Gasteiger partial charge in [-0.15, -0.1) is 0 Å². The van der Waals surface area contributed by atoms with Crippen LogP contribution in [0.5, 0.6) is 0 Å². The maximum absolute atomic E-state index is 13.4. The van der Waals surface area contributed by atoms with Gasteiger partial charge in [0.25, 0.3) is 12.3 Å². The normalized spacial score (nSPS) is 35.3. The molecular weight excluding hydrogens is 368 g/mol. The number of hydrogen-bond donors (Lipinski definition) is 1. The Balaban J connectivity index is 1.77. The van der Waals surface area contributed by atoms with Crippen LogP contribution in [0.1, 0.15) is 42.2 Å². The van der Waals surface area contributed by atoms with Gasteiger partial charge in [0.2, 0.25) is 0 Å². The van der Waals surface area contributed by atoms with Crippen LogP contribution in [0.3, 0.4) is 0 Å². The van der Waals surface area contributed by atoms with Crippen molar-refractivity contribution in [2.45, 2.75) is 31.7 Å². The molecule has 1 heterocycles. The number of nitrogens with zero attached hydrogens (tertiary/aromatic N) is 2. The van der Waals surface area contributed by atoms with Gasteiger partial charge in [-0.2, -0.15) is 5.10 Å². The predicted molar refractivity (Wildman–Crippen MR) is 96.5 cm³/mol. The molecule has 0 aromatic carbocycles. The van der Waals surface area contributed by atoms with Crippen molar-refractivity contribution in [3.05, 3.63) is 41.8 Å². The molecule has 0 aliphatic heterocycles. The van der Waals surface area contributed by atoms with Gasteiger partial charge in [-0.05, 0) is 24.7 Å². The van der Waals surface area contributed by atoms with Gasteiger partial charge in [0, 0.05) is 18.7 Å². The molecule has 8 heteroatoms. The zero-order chi connectivity index (χ0) is 20.3. The number of allylic oxidation sites excluding steroid dienone is 3. The third-order valence-corrected chi connectivity index (χ3v) is 6.92. The number of methoxy groups -OCH3 is 1. The lowest BCUT2D eigenvalue weighted by Crippen LogP contribution is -2.61. The van der Waals surface area contributed by atoms with Crippen molar-refractivity contribution in [3.63, 3.8) is 0 Å². The maximum Gasteiger partial charge on any atom is 0.311 e. The van der Waals surface area contributed by atoms with E-state index in [9.17, 15) is 18.4 Å². The van der Waals surface area contributed by atoms with E-state index in [1.807, 2.05) is 25.2 Å². The summed E-state index contributed by atoms with van der Waals surface area (Å²) in [5.74, 6) is -1.44. The number of aryl methyl sites for hydroxylation is 1. The number of carbonyl (C=O) groups excluding carboxylic acids is 2. The number of ether oxygens (including phenoxy) is 1. The van der Waals surface area contributed by atoms with Crippen LogP contribution in [0.2, 0.25) is 0 Å². The van der Waals surface area contributed by atoms with E-state index in [2.05, 4.69) is 16.5 Å². The van der Waals surface area contributed by atoms with Gasteiger partial charge in [0.1, 0.15) is 5.69 Å². The summed E-state index contributed by atoms with van der Waals surface area (Å²) < 4.78 is 33.0. The highest BCUT2D eigenvalue weighted by Crippen LogP contribution is 2.67. The summed E-state index contributed by atoms with van der Waals surface area (Å²) in [6.45, 7) is 2.02. The van der Waals surface area contributed by atoms with Gasteiger partial charge in [-0.3, -0.25) is 14.3 Å². The first-order chi connectivity index (χ1) is 13.2. The van der Waals surface area contributed by atoms with Crippen molar-refractivity contribution in [1.29, 1.82) is 0 Å². The van der Waals surface area contributed by atoms with Crippen molar-refractivity contribution in [2.75, 3.05) is 7.11 Å². The summed E-state index contributed by atoms with van der Waals surface area (Å²) in [6.07, 6.45) is 7.72. The summed E-state index contributed by atoms with van der Waals surface area (Å²) in [6, 6.07) is 0. The molecule has 0 saturated heterocycles. The molecule has 5 unspecified atom stereocenters. The Hall–Kier alpha value is -2.51. The van der Waals surface area contributed by atoms with Crippen LogP contribution in [-0.2, 0) is 16.6 Å². The van der Waals surface area contributed by atoms with E-state index in [0.29, 0.717) is 6.42 Å². The van der Waals surface area contributed by atoms with Crippen molar-refractivity contribution in [3.8, 4) is 0 Å². The second-order valence-electron chi connectivity index (χ2n) is 8.08. The van der Waals surface area contributed by atoms with Gasteiger partial charge in [-0.25, -0.2) is 8.78 Å². The van der Waals surface area contributed by atoms with Crippen LogP contribution in [-0.4, -0.2) is 34.3 Å². The van der Waals surface area contributed by atoms with Gasteiger partial charge < -0.3 is 10.1 Å². The Labute approximate surface area is 161 Å². The number of carbonyl (C=O) groups is 2. The number of amides is 1. The Morgan fingerprint density at radius 1 is 1.39 bits per heavy atom. The average molecular weight is 391 g/mol. The molecule has 3 aliphatic rings. The standard InChI is InChI=1S/C20H23F2N3O3/c1-19-8-5-4-6-13(19)11-7-9-20(19,14(11)18(27)28-3)23-17(26)12-10-25(2)24-15(12)16(21)22/h4-6,8,10-11,13-14,16H,7,9H2,1-3H3,(H,23,26). The highest BCUT2D eigenvalue weighted by molar-refractivity contribution is 5.96. The molecule has 0 spiro atoms. The Morgan fingerprint density at radius 3 is 2.82 bits per heavy atom. The van der Waals surface area contributed by atoms with Crippen molar-refractivity contribution in [1.82, 2.24) is 15.1 Å². The molecule has 0 radical (unpaired) electrons. The molecule has 1 aromatic rings. The van der Waals surface area contributed by atoms with Gasteiger partial charge in [0.05, 0.1) is 24.1 Å². The fraction of sp³-hybridized carbons (Fsp3) is 0.550. The number of esters is 1. The topological polar surface area (TPSA) is 73.2 Å². The molecule has 1 N–H and O–H groups in total. The second kappa shape index (κ2) is 6.25. The van der Waals surface area contributed by atoms with E-state index in [1.165, 1.54) is 25.0 Å². The number of rotatable bonds is 4. The third kappa shape index (κ3) is 2.32. The minimum atomic E-state index is -2.86. The molecule has 150 valence electrons. The van der Waals surface area contributed by atoms with E-state index in [1.54, 1.807) is 0 Å². The van der Waals surface area contributed by atoms with Crippen LogP contribution >= 0.6 is 0 Å². The van der Waals surface area contributed by atoms with Gasteiger partial charge in [-0.1, -0.05) is 31.2 Å². The Morgan fingerprint density at radius 2 is 2.14 bits per heavy atom. The minimum absolute atomic E-state index is 0.0300. The first kappa shape index (κ1) is 18.8. The lowest BCUT2D eigenvalue weighted by atomic mass is 9.61. The Bertz CT molecular complexity index is 893. The van der Waals surface area contributed by atoms with E-state index < -0.39 is 34.9 Å².